The summed E-state index contributed by atoms with van der Waals surface area (Å²) < 4.78 is 38.8. The average molecular weight is 279 g/mol. The lowest BCUT2D eigenvalue weighted by Gasteiger charge is -2.17. The molecule has 0 radical (unpaired) electrons. The van der Waals surface area contributed by atoms with Gasteiger partial charge in [0.25, 0.3) is 0 Å². The molecule has 1 fully saturated rings. The SMILES string of the molecule is CC1(c2ccc(Br)cc2C(F)(F)F)CC1. The van der Waals surface area contributed by atoms with Crippen LogP contribution in [-0.4, -0.2) is 0 Å². The Morgan fingerprint density at radius 2 is 1.87 bits per heavy atom. The molecule has 82 valence electrons. The Balaban J connectivity index is 2.55. The van der Waals surface area contributed by atoms with Crippen molar-refractivity contribution in [2.75, 3.05) is 0 Å². The molecule has 0 heterocycles. The van der Waals surface area contributed by atoms with Gasteiger partial charge >= 0.3 is 6.18 Å². The normalized spacial score (nSPS) is 19.0. The van der Waals surface area contributed by atoms with E-state index in [4.69, 9.17) is 0 Å². The molecule has 1 aromatic carbocycles. The lowest BCUT2D eigenvalue weighted by atomic mass is 9.93. The van der Waals surface area contributed by atoms with Crippen molar-refractivity contribution >= 4 is 15.9 Å². The Morgan fingerprint density at radius 3 is 2.33 bits per heavy atom. The van der Waals surface area contributed by atoms with Gasteiger partial charge in [0.1, 0.15) is 0 Å². The van der Waals surface area contributed by atoms with E-state index in [1.807, 2.05) is 6.92 Å². The predicted octanol–water partition coefficient (Wildman–Crippen LogP) is 4.52. The number of rotatable bonds is 1. The van der Waals surface area contributed by atoms with Crippen LogP contribution in [0.25, 0.3) is 0 Å². The van der Waals surface area contributed by atoms with Gasteiger partial charge < -0.3 is 0 Å². The first kappa shape index (κ1) is 11.0. The summed E-state index contributed by atoms with van der Waals surface area (Å²) in [5.41, 5.74) is -0.332. The van der Waals surface area contributed by atoms with E-state index in [0.29, 0.717) is 10.0 Å². The fraction of sp³-hybridized carbons (Fsp3) is 0.455. The standard InChI is InChI=1S/C11H10BrF3/c1-10(4-5-10)8-3-2-7(12)6-9(8)11(13,14)15/h2-3,6H,4-5H2,1H3. The zero-order valence-corrected chi connectivity index (χ0v) is 9.74. The molecule has 0 saturated heterocycles. The van der Waals surface area contributed by atoms with Crippen molar-refractivity contribution in [1.82, 2.24) is 0 Å². The van der Waals surface area contributed by atoms with Gasteiger partial charge in [-0.3, -0.25) is 0 Å². The summed E-state index contributed by atoms with van der Waals surface area (Å²) >= 11 is 3.08. The molecular weight excluding hydrogens is 269 g/mol. The minimum atomic E-state index is -4.26. The maximum Gasteiger partial charge on any atom is 0.416 e. The van der Waals surface area contributed by atoms with Crippen LogP contribution in [0.2, 0.25) is 0 Å². The lowest BCUT2D eigenvalue weighted by Crippen LogP contribution is -2.14. The second-order valence-electron chi connectivity index (χ2n) is 4.25. The average Bonchev–Trinajstić information content (AvgIpc) is 2.83. The lowest BCUT2D eigenvalue weighted by molar-refractivity contribution is -0.138. The molecule has 1 aromatic rings. The molecule has 0 N–H and O–H groups in total. The van der Waals surface area contributed by atoms with E-state index in [0.717, 1.165) is 12.8 Å². The summed E-state index contributed by atoms with van der Waals surface area (Å²) in [5, 5.41) is 0. The summed E-state index contributed by atoms with van der Waals surface area (Å²) in [6, 6.07) is 4.42. The highest BCUT2D eigenvalue weighted by molar-refractivity contribution is 9.10. The molecule has 0 spiro atoms. The van der Waals surface area contributed by atoms with Crippen LogP contribution in [0.1, 0.15) is 30.9 Å². The van der Waals surface area contributed by atoms with Crippen molar-refractivity contribution in [2.45, 2.75) is 31.4 Å². The zero-order valence-electron chi connectivity index (χ0n) is 8.16. The molecule has 0 aromatic heterocycles. The molecule has 4 heteroatoms. The van der Waals surface area contributed by atoms with Gasteiger partial charge in [0, 0.05) is 4.47 Å². The maximum absolute atomic E-state index is 12.8. The second-order valence-corrected chi connectivity index (χ2v) is 5.16. The highest BCUT2D eigenvalue weighted by atomic mass is 79.9. The van der Waals surface area contributed by atoms with E-state index >= 15 is 0 Å². The smallest absolute Gasteiger partial charge is 0.166 e. The molecule has 0 unspecified atom stereocenters. The number of halogens is 4. The fourth-order valence-electron chi connectivity index (χ4n) is 1.73. The summed E-state index contributed by atoms with van der Waals surface area (Å²) in [4.78, 5) is 0. The Bertz CT molecular complexity index is 391. The van der Waals surface area contributed by atoms with E-state index in [-0.39, 0.29) is 5.41 Å². The largest absolute Gasteiger partial charge is 0.416 e. The van der Waals surface area contributed by atoms with Crippen molar-refractivity contribution in [1.29, 1.82) is 0 Å². The molecule has 1 aliphatic rings. The van der Waals surface area contributed by atoms with Gasteiger partial charge in [-0.15, -0.1) is 0 Å². The minimum Gasteiger partial charge on any atom is -0.166 e. The van der Waals surface area contributed by atoms with Gasteiger partial charge in [-0.05, 0) is 36.0 Å². The van der Waals surface area contributed by atoms with Crippen LogP contribution in [0, 0.1) is 0 Å². The first-order chi connectivity index (χ1) is 6.83. The fourth-order valence-corrected chi connectivity index (χ4v) is 2.10. The third-order valence-electron chi connectivity index (χ3n) is 2.94. The van der Waals surface area contributed by atoms with Crippen LogP contribution in [0.4, 0.5) is 13.2 Å². The molecule has 0 atom stereocenters. The molecule has 0 nitrogen and oxygen atoms in total. The van der Waals surface area contributed by atoms with Gasteiger partial charge in [-0.1, -0.05) is 28.9 Å². The molecule has 1 aliphatic carbocycles. The number of benzene rings is 1. The third-order valence-corrected chi connectivity index (χ3v) is 3.43. The Kier molecular flexibility index (Phi) is 2.37. The Morgan fingerprint density at radius 1 is 1.27 bits per heavy atom. The van der Waals surface area contributed by atoms with E-state index in [1.54, 1.807) is 12.1 Å². The Labute approximate surface area is 94.6 Å². The van der Waals surface area contributed by atoms with E-state index in [1.165, 1.54) is 6.07 Å². The second kappa shape index (κ2) is 3.24. The quantitative estimate of drug-likeness (QED) is 0.709. The van der Waals surface area contributed by atoms with Gasteiger partial charge in [-0.25, -0.2) is 0 Å². The van der Waals surface area contributed by atoms with Crippen LogP contribution in [0.3, 0.4) is 0 Å². The highest BCUT2D eigenvalue weighted by Gasteiger charge is 2.45. The summed E-state index contributed by atoms with van der Waals surface area (Å²) in [7, 11) is 0. The number of alkyl halides is 3. The van der Waals surface area contributed by atoms with Gasteiger partial charge in [0.2, 0.25) is 0 Å². The van der Waals surface area contributed by atoms with E-state index < -0.39 is 11.7 Å². The van der Waals surface area contributed by atoms with Crippen molar-refractivity contribution in [3.8, 4) is 0 Å². The highest BCUT2D eigenvalue weighted by Crippen LogP contribution is 2.51. The van der Waals surface area contributed by atoms with Crippen LogP contribution in [-0.2, 0) is 11.6 Å². The van der Waals surface area contributed by atoms with E-state index in [2.05, 4.69) is 15.9 Å². The van der Waals surface area contributed by atoms with Gasteiger partial charge in [0.05, 0.1) is 5.56 Å². The summed E-state index contributed by atoms with van der Waals surface area (Å²) in [5.74, 6) is 0. The zero-order chi connectivity index (χ0) is 11.3. The maximum atomic E-state index is 12.8. The van der Waals surface area contributed by atoms with Crippen LogP contribution < -0.4 is 0 Å². The molecule has 0 aliphatic heterocycles. The van der Waals surface area contributed by atoms with Crippen LogP contribution >= 0.6 is 15.9 Å². The molecule has 0 amide bonds. The predicted molar refractivity (Wildman–Crippen MR) is 55.7 cm³/mol. The van der Waals surface area contributed by atoms with Crippen molar-refractivity contribution in [3.05, 3.63) is 33.8 Å². The molecular formula is C11H10BrF3. The molecule has 0 bridgehead atoms. The number of hydrogen-bond acceptors (Lipinski definition) is 0. The molecule has 15 heavy (non-hydrogen) atoms. The van der Waals surface area contributed by atoms with Crippen molar-refractivity contribution in [3.63, 3.8) is 0 Å². The number of hydrogen-bond donors (Lipinski definition) is 0. The summed E-state index contributed by atoms with van der Waals surface area (Å²) in [6.45, 7) is 1.88. The first-order valence-corrected chi connectivity index (χ1v) is 5.49. The van der Waals surface area contributed by atoms with Crippen LogP contribution in [0.5, 0.6) is 0 Å². The van der Waals surface area contributed by atoms with E-state index in [9.17, 15) is 13.2 Å². The minimum absolute atomic E-state index is 0.258. The van der Waals surface area contributed by atoms with Gasteiger partial charge in [-0.2, -0.15) is 13.2 Å². The van der Waals surface area contributed by atoms with Crippen molar-refractivity contribution in [2.24, 2.45) is 0 Å². The monoisotopic (exact) mass is 278 g/mol. The molecule has 1 saturated carbocycles. The summed E-state index contributed by atoms with van der Waals surface area (Å²) in [6.07, 6.45) is -2.57. The van der Waals surface area contributed by atoms with Crippen LogP contribution in [0.15, 0.2) is 22.7 Å². The Hall–Kier alpha value is -0.510. The first-order valence-electron chi connectivity index (χ1n) is 4.70. The topological polar surface area (TPSA) is 0 Å². The third kappa shape index (κ3) is 2.05. The van der Waals surface area contributed by atoms with Crippen molar-refractivity contribution < 1.29 is 13.2 Å². The van der Waals surface area contributed by atoms with Gasteiger partial charge in [0.15, 0.2) is 0 Å². The molecule has 2 rings (SSSR count).